The van der Waals surface area contributed by atoms with E-state index in [0.717, 1.165) is 12.0 Å². The van der Waals surface area contributed by atoms with Crippen LogP contribution in [0.2, 0.25) is 0 Å². The minimum atomic E-state index is -1.04. The molecule has 0 fully saturated rings. The van der Waals surface area contributed by atoms with Crippen LogP contribution in [0.1, 0.15) is 29.3 Å². The van der Waals surface area contributed by atoms with Crippen molar-refractivity contribution in [2.45, 2.75) is 18.9 Å². The number of rotatable bonds is 10. The minimum Gasteiger partial charge on any atom is -0.512 e. The average Bonchev–Trinajstić information content (AvgIpc) is 2.65. The van der Waals surface area contributed by atoms with Crippen LogP contribution in [0, 0.1) is 0 Å². The van der Waals surface area contributed by atoms with Crippen LogP contribution in [-0.2, 0) is 10.3 Å². The summed E-state index contributed by atoms with van der Waals surface area (Å²) in [6.07, 6.45) is 0.720. The molecule has 1 atom stereocenters. The first-order chi connectivity index (χ1) is 12.0. The smallest absolute Gasteiger partial charge is 0.198 e. The monoisotopic (exact) mass is 339 g/mol. The van der Waals surface area contributed by atoms with Crippen molar-refractivity contribution in [1.29, 1.82) is 0 Å². The molecule has 2 rings (SSSR count). The molecule has 2 aromatic rings. The standard InChI is InChI=1S/C21H25NO3/c1-17(23)16-22-14-9-15-25-21(2,19-12-7-4-8-13-19)20(24)18-10-5-3-6-11-18/h3-8,10-13,22-23H,1,9,14-16H2,2H3. The Kier molecular flexibility index (Phi) is 6.92. The van der Waals surface area contributed by atoms with Gasteiger partial charge in [0.25, 0.3) is 0 Å². The SMILES string of the molecule is C=C(O)CNCCCOC(C)(C(=O)c1ccccc1)c1ccccc1. The van der Waals surface area contributed by atoms with E-state index in [-0.39, 0.29) is 11.5 Å². The number of aliphatic hydroxyl groups excluding tert-OH is 1. The van der Waals surface area contributed by atoms with Crippen LogP contribution >= 0.6 is 0 Å². The van der Waals surface area contributed by atoms with E-state index in [1.54, 1.807) is 12.1 Å². The number of ketones is 1. The van der Waals surface area contributed by atoms with Crippen molar-refractivity contribution in [3.63, 3.8) is 0 Å². The highest BCUT2D eigenvalue weighted by Crippen LogP contribution is 2.29. The topological polar surface area (TPSA) is 58.6 Å². The molecule has 0 saturated heterocycles. The second-order valence-corrected chi connectivity index (χ2v) is 6.04. The van der Waals surface area contributed by atoms with E-state index < -0.39 is 5.60 Å². The number of carbonyl (C=O) groups excluding carboxylic acids is 1. The molecule has 0 bridgehead atoms. The summed E-state index contributed by atoms with van der Waals surface area (Å²) in [5, 5.41) is 12.1. The molecule has 0 radical (unpaired) electrons. The van der Waals surface area contributed by atoms with Gasteiger partial charge in [-0.25, -0.2) is 0 Å². The number of ether oxygens (including phenoxy) is 1. The van der Waals surface area contributed by atoms with Gasteiger partial charge in [0.2, 0.25) is 0 Å². The summed E-state index contributed by atoms with van der Waals surface area (Å²) in [5.41, 5.74) is 0.424. The highest BCUT2D eigenvalue weighted by molar-refractivity contribution is 6.02. The second-order valence-electron chi connectivity index (χ2n) is 6.04. The van der Waals surface area contributed by atoms with Crippen LogP contribution in [0.25, 0.3) is 0 Å². The zero-order valence-electron chi connectivity index (χ0n) is 14.6. The summed E-state index contributed by atoms with van der Waals surface area (Å²) >= 11 is 0. The predicted molar refractivity (Wildman–Crippen MR) is 99.8 cm³/mol. The van der Waals surface area contributed by atoms with Gasteiger partial charge in [-0.2, -0.15) is 0 Å². The molecule has 0 saturated carbocycles. The van der Waals surface area contributed by atoms with E-state index in [1.807, 2.05) is 55.5 Å². The Balaban J connectivity index is 2.08. The van der Waals surface area contributed by atoms with Crippen molar-refractivity contribution in [2.24, 2.45) is 0 Å². The largest absolute Gasteiger partial charge is 0.512 e. The highest BCUT2D eigenvalue weighted by Gasteiger charge is 2.36. The summed E-state index contributed by atoms with van der Waals surface area (Å²) in [4.78, 5) is 13.1. The fourth-order valence-electron chi connectivity index (χ4n) is 2.61. The van der Waals surface area contributed by atoms with Crippen LogP contribution < -0.4 is 5.32 Å². The Morgan fingerprint density at radius 2 is 1.72 bits per heavy atom. The number of aliphatic hydroxyl groups is 1. The van der Waals surface area contributed by atoms with Crippen LogP contribution in [0.3, 0.4) is 0 Å². The first-order valence-corrected chi connectivity index (χ1v) is 8.41. The fraction of sp³-hybridized carbons (Fsp3) is 0.286. The molecule has 0 aliphatic heterocycles. The Hall–Kier alpha value is -2.43. The van der Waals surface area contributed by atoms with Gasteiger partial charge in [0.05, 0.1) is 12.3 Å². The molecular weight excluding hydrogens is 314 g/mol. The Bertz CT molecular complexity index is 685. The lowest BCUT2D eigenvalue weighted by Gasteiger charge is -2.29. The number of hydrogen-bond acceptors (Lipinski definition) is 4. The van der Waals surface area contributed by atoms with Crippen LogP contribution in [0.5, 0.6) is 0 Å². The maximum Gasteiger partial charge on any atom is 0.198 e. The van der Waals surface area contributed by atoms with Gasteiger partial charge >= 0.3 is 0 Å². The fourth-order valence-corrected chi connectivity index (χ4v) is 2.61. The van der Waals surface area contributed by atoms with E-state index in [0.29, 0.717) is 25.3 Å². The molecule has 0 spiro atoms. The van der Waals surface area contributed by atoms with Crippen LogP contribution in [0.4, 0.5) is 0 Å². The lowest BCUT2D eigenvalue weighted by Crippen LogP contribution is -2.36. The molecule has 4 nitrogen and oxygen atoms in total. The van der Waals surface area contributed by atoms with Gasteiger partial charge in [-0.15, -0.1) is 0 Å². The van der Waals surface area contributed by atoms with Gasteiger partial charge in [-0.05, 0) is 25.5 Å². The van der Waals surface area contributed by atoms with Crippen LogP contribution in [0.15, 0.2) is 73.0 Å². The molecule has 2 N–H and O–H groups in total. The van der Waals surface area contributed by atoms with E-state index >= 15 is 0 Å². The number of nitrogens with one attached hydrogen (secondary N) is 1. The van der Waals surface area contributed by atoms with Gasteiger partial charge in [0.15, 0.2) is 11.4 Å². The molecule has 0 aromatic heterocycles. The minimum absolute atomic E-state index is 0.0593. The Morgan fingerprint density at radius 1 is 1.12 bits per heavy atom. The molecule has 0 aliphatic carbocycles. The van der Waals surface area contributed by atoms with E-state index in [2.05, 4.69) is 11.9 Å². The molecule has 1 unspecified atom stereocenters. The normalized spacial score (nSPS) is 13.2. The molecule has 0 heterocycles. The number of hydrogen-bond donors (Lipinski definition) is 2. The Labute approximate surface area is 149 Å². The summed E-state index contributed by atoms with van der Waals surface area (Å²) in [5.74, 6) is 0.0466. The number of benzene rings is 2. The van der Waals surface area contributed by atoms with Gasteiger partial charge in [0.1, 0.15) is 0 Å². The Morgan fingerprint density at radius 3 is 2.32 bits per heavy atom. The highest BCUT2D eigenvalue weighted by atomic mass is 16.5. The summed E-state index contributed by atoms with van der Waals surface area (Å²) in [6.45, 7) is 6.70. The predicted octanol–water partition coefficient (Wildman–Crippen LogP) is 3.85. The maximum absolute atomic E-state index is 13.1. The van der Waals surface area contributed by atoms with Crippen molar-refractivity contribution >= 4 is 5.78 Å². The molecule has 0 aliphatic rings. The molecule has 0 amide bonds. The third-order valence-electron chi connectivity index (χ3n) is 4.01. The lowest BCUT2D eigenvalue weighted by atomic mass is 9.87. The van der Waals surface area contributed by atoms with E-state index in [4.69, 9.17) is 9.84 Å². The van der Waals surface area contributed by atoms with Gasteiger partial charge < -0.3 is 15.2 Å². The van der Waals surface area contributed by atoms with Gasteiger partial charge in [0, 0.05) is 12.2 Å². The van der Waals surface area contributed by atoms with Crippen molar-refractivity contribution < 1.29 is 14.6 Å². The number of carbonyl (C=O) groups is 1. The van der Waals surface area contributed by atoms with Crippen LogP contribution in [-0.4, -0.2) is 30.6 Å². The van der Waals surface area contributed by atoms with Crippen molar-refractivity contribution in [2.75, 3.05) is 19.7 Å². The second kappa shape index (κ2) is 9.16. The first-order valence-electron chi connectivity index (χ1n) is 8.41. The molecule has 2 aromatic carbocycles. The van der Waals surface area contributed by atoms with Gasteiger partial charge in [-0.1, -0.05) is 67.2 Å². The summed E-state index contributed by atoms with van der Waals surface area (Å²) in [7, 11) is 0. The molecule has 4 heteroatoms. The third kappa shape index (κ3) is 5.28. The maximum atomic E-state index is 13.1. The number of Topliss-reactive ketones (excluding diaryl/α,β-unsaturated/α-hetero) is 1. The zero-order chi connectivity index (χ0) is 18.1. The van der Waals surface area contributed by atoms with E-state index in [1.165, 1.54) is 0 Å². The molecular formula is C21H25NO3. The summed E-state index contributed by atoms with van der Waals surface area (Å²) < 4.78 is 6.06. The quantitative estimate of drug-likeness (QED) is 0.392. The average molecular weight is 339 g/mol. The molecule has 132 valence electrons. The first kappa shape index (κ1) is 18.9. The zero-order valence-corrected chi connectivity index (χ0v) is 14.6. The van der Waals surface area contributed by atoms with Crippen molar-refractivity contribution in [3.05, 3.63) is 84.1 Å². The van der Waals surface area contributed by atoms with E-state index in [9.17, 15) is 4.79 Å². The van der Waals surface area contributed by atoms with Crippen molar-refractivity contribution in [1.82, 2.24) is 5.32 Å². The summed E-state index contributed by atoms with van der Waals surface area (Å²) in [6, 6.07) is 18.8. The van der Waals surface area contributed by atoms with Crippen molar-refractivity contribution in [3.8, 4) is 0 Å². The van der Waals surface area contributed by atoms with Gasteiger partial charge in [-0.3, -0.25) is 4.79 Å². The molecule has 25 heavy (non-hydrogen) atoms. The third-order valence-corrected chi connectivity index (χ3v) is 4.01. The lowest BCUT2D eigenvalue weighted by molar-refractivity contribution is -0.0191.